The summed E-state index contributed by atoms with van der Waals surface area (Å²) in [6, 6.07) is 9.88. The molecule has 0 radical (unpaired) electrons. The Balaban J connectivity index is 1.37. The van der Waals surface area contributed by atoms with Crippen LogP contribution in [-0.2, 0) is 27.2 Å². The van der Waals surface area contributed by atoms with Crippen molar-refractivity contribution in [1.29, 1.82) is 0 Å². The first-order chi connectivity index (χ1) is 20.9. The summed E-state index contributed by atoms with van der Waals surface area (Å²) < 4.78 is 11.8. The van der Waals surface area contributed by atoms with Crippen LogP contribution < -0.4 is 4.74 Å². The number of pyridine rings is 1. The van der Waals surface area contributed by atoms with Crippen LogP contribution >= 0.6 is 0 Å². The van der Waals surface area contributed by atoms with Crippen molar-refractivity contribution in [2.45, 2.75) is 90.0 Å². The number of ether oxygens (including phenoxy) is 2. The molecule has 4 heterocycles. The van der Waals surface area contributed by atoms with Gasteiger partial charge in [-0.05, 0) is 86.4 Å². The SMILES string of the molecule is CCCCC(CCc1cccnc1)C(=O)CN1C[C@H](c2ccc3c(c2)CCO3)[C@@H](C(=O)O)[C@@H]1CCC1=CCCC=C(C)O1. The highest BCUT2D eigenvalue weighted by molar-refractivity contribution is 5.83. The Bertz CT molecular complexity index is 1320. The summed E-state index contributed by atoms with van der Waals surface area (Å²) in [6.45, 7) is 5.61. The number of hydrogen-bond donors (Lipinski definition) is 1. The molecular formula is C36H46N2O5. The van der Waals surface area contributed by atoms with Crippen LogP contribution in [0, 0.1) is 11.8 Å². The topological polar surface area (TPSA) is 89.0 Å². The van der Waals surface area contributed by atoms with Crippen LogP contribution in [0.2, 0.25) is 0 Å². The number of aliphatic carboxylic acids is 1. The van der Waals surface area contributed by atoms with E-state index < -0.39 is 11.9 Å². The van der Waals surface area contributed by atoms with Crippen molar-refractivity contribution in [2.75, 3.05) is 19.7 Å². The Kier molecular flexibility index (Phi) is 10.7. The van der Waals surface area contributed by atoms with Gasteiger partial charge in [-0.2, -0.15) is 0 Å². The molecule has 0 aliphatic carbocycles. The number of aryl methyl sites for hydroxylation is 1. The van der Waals surface area contributed by atoms with Crippen LogP contribution in [0.4, 0.5) is 0 Å². The van der Waals surface area contributed by atoms with Crippen molar-refractivity contribution in [2.24, 2.45) is 11.8 Å². The number of allylic oxidation sites excluding steroid dienone is 4. The van der Waals surface area contributed by atoms with Crippen molar-refractivity contribution in [3.8, 4) is 5.75 Å². The van der Waals surface area contributed by atoms with E-state index in [2.05, 4.69) is 41.1 Å². The minimum absolute atomic E-state index is 0.0547. The second kappa shape index (κ2) is 14.8. The van der Waals surface area contributed by atoms with Crippen LogP contribution in [0.1, 0.15) is 87.8 Å². The molecule has 0 amide bonds. The van der Waals surface area contributed by atoms with Crippen molar-refractivity contribution in [3.05, 3.63) is 83.1 Å². The molecule has 2 aromatic rings. The normalized spacial score (nSPS) is 22.5. The van der Waals surface area contributed by atoms with Gasteiger partial charge in [0.05, 0.1) is 30.6 Å². The number of likely N-dealkylation sites (tertiary alicyclic amines) is 1. The number of ketones is 1. The van der Waals surface area contributed by atoms with Crippen molar-refractivity contribution >= 4 is 11.8 Å². The average Bonchev–Trinajstić information content (AvgIpc) is 3.56. The number of carboxylic acids is 1. The fraction of sp³-hybridized carbons (Fsp3) is 0.528. The number of Topliss-reactive ketones (excluding diaryl/α,β-unsaturated/α-hetero) is 1. The van der Waals surface area contributed by atoms with Gasteiger partial charge < -0.3 is 14.6 Å². The molecular weight excluding hydrogens is 540 g/mol. The highest BCUT2D eigenvalue weighted by atomic mass is 16.5. The number of carbonyl (C=O) groups excluding carboxylic acids is 1. The first kappa shape index (κ1) is 31.0. The second-order valence-corrected chi connectivity index (χ2v) is 12.3. The molecule has 7 heteroatoms. The lowest BCUT2D eigenvalue weighted by atomic mass is 9.83. The molecule has 1 fully saturated rings. The Labute approximate surface area is 256 Å². The highest BCUT2D eigenvalue weighted by Crippen LogP contribution is 2.42. The van der Waals surface area contributed by atoms with Crippen molar-refractivity contribution in [3.63, 3.8) is 0 Å². The molecule has 1 aromatic carbocycles. The van der Waals surface area contributed by atoms with E-state index >= 15 is 0 Å². The van der Waals surface area contributed by atoms with E-state index in [0.29, 0.717) is 26.0 Å². The van der Waals surface area contributed by atoms with Gasteiger partial charge >= 0.3 is 5.97 Å². The van der Waals surface area contributed by atoms with Gasteiger partial charge in [0.15, 0.2) is 0 Å². The maximum absolute atomic E-state index is 14.0. The van der Waals surface area contributed by atoms with Gasteiger partial charge in [0, 0.05) is 49.7 Å². The number of fused-ring (bicyclic) bond motifs is 1. The van der Waals surface area contributed by atoms with E-state index in [1.54, 1.807) is 6.20 Å². The van der Waals surface area contributed by atoms with E-state index in [0.717, 1.165) is 85.3 Å². The third-order valence-corrected chi connectivity index (χ3v) is 9.35. The van der Waals surface area contributed by atoms with Crippen LogP contribution in [0.15, 0.2) is 66.4 Å². The lowest BCUT2D eigenvalue weighted by Crippen LogP contribution is -2.40. The van der Waals surface area contributed by atoms with Gasteiger partial charge in [0.1, 0.15) is 11.5 Å². The van der Waals surface area contributed by atoms with Crippen LogP contribution in [0.3, 0.4) is 0 Å². The molecule has 1 saturated heterocycles. The van der Waals surface area contributed by atoms with E-state index in [9.17, 15) is 14.7 Å². The number of rotatable bonds is 14. The summed E-state index contributed by atoms with van der Waals surface area (Å²) >= 11 is 0. The minimum atomic E-state index is -0.798. The first-order valence-electron chi connectivity index (χ1n) is 16.1. The molecule has 230 valence electrons. The first-order valence-corrected chi connectivity index (χ1v) is 16.1. The van der Waals surface area contributed by atoms with Crippen LogP contribution in [-0.4, -0.2) is 52.5 Å². The van der Waals surface area contributed by atoms with Crippen LogP contribution in [0.5, 0.6) is 5.75 Å². The predicted octanol–water partition coefficient (Wildman–Crippen LogP) is 6.87. The zero-order valence-corrected chi connectivity index (χ0v) is 25.7. The molecule has 1 aromatic heterocycles. The monoisotopic (exact) mass is 586 g/mol. The Morgan fingerprint density at radius 1 is 1.14 bits per heavy atom. The number of carbonyl (C=O) groups is 2. The molecule has 4 atom stereocenters. The maximum Gasteiger partial charge on any atom is 0.308 e. The number of carboxylic acid groups (broad SMARTS) is 1. The van der Waals surface area contributed by atoms with Gasteiger partial charge in [-0.1, -0.05) is 38.0 Å². The van der Waals surface area contributed by atoms with Gasteiger partial charge in [-0.25, -0.2) is 0 Å². The maximum atomic E-state index is 14.0. The van der Waals surface area contributed by atoms with Crippen molar-refractivity contribution in [1.82, 2.24) is 9.88 Å². The zero-order chi connectivity index (χ0) is 30.2. The molecule has 0 spiro atoms. The lowest BCUT2D eigenvalue weighted by molar-refractivity contribution is -0.143. The van der Waals surface area contributed by atoms with Gasteiger partial charge in [-0.15, -0.1) is 0 Å². The summed E-state index contributed by atoms with van der Waals surface area (Å²) in [5.41, 5.74) is 3.31. The zero-order valence-electron chi connectivity index (χ0n) is 25.7. The fourth-order valence-electron chi connectivity index (χ4n) is 7.02. The molecule has 7 nitrogen and oxygen atoms in total. The molecule has 5 rings (SSSR count). The Morgan fingerprint density at radius 2 is 2.00 bits per heavy atom. The predicted molar refractivity (Wildman–Crippen MR) is 167 cm³/mol. The number of hydrogen-bond acceptors (Lipinski definition) is 6. The molecule has 43 heavy (non-hydrogen) atoms. The number of unbranched alkanes of at least 4 members (excludes halogenated alkanes) is 1. The third-order valence-electron chi connectivity index (χ3n) is 9.35. The highest BCUT2D eigenvalue weighted by Gasteiger charge is 2.47. The smallest absolute Gasteiger partial charge is 0.308 e. The largest absolute Gasteiger partial charge is 0.493 e. The van der Waals surface area contributed by atoms with E-state index in [4.69, 9.17) is 9.47 Å². The summed E-state index contributed by atoms with van der Waals surface area (Å²) in [6.07, 6.45) is 16.3. The number of nitrogens with zero attached hydrogens (tertiary/aromatic N) is 2. The molecule has 0 bridgehead atoms. The van der Waals surface area contributed by atoms with Gasteiger partial charge in [0.2, 0.25) is 0 Å². The molecule has 3 aliphatic rings. The summed E-state index contributed by atoms with van der Waals surface area (Å²) in [5.74, 6) is 1.24. The third kappa shape index (κ3) is 7.94. The van der Waals surface area contributed by atoms with E-state index in [1.807, 2.05) is 31.3 Å². The van der Waals surface area contributed by atoms with Gasteiger partial charge in [0.25, 0.3) is 0 Å². The Morgan fingerprint density at radius 3 is 2.79 bits per heavy atom. The van der Waals surface area contributed by atoms with Crippen molar-refractivity contribution < 1.29 is 24.2 Å². The minimum Gasteiger partial charge on any atom is -0.493 e. The fourth-order valence-corrected chi connectivity index (χ4v) is 7.02. The van der Waals surface area contributed by atoms with E-state index in [1.165, 1.54) is 0 Å². The summed E-state index contributed by atoms with van der Waals surface area (Å²) in [5, 5.41) is 10.6. The standard InChI is InChI=1S/C36H46N2O5/c1-3-4-10-27(13-12-26-9-7-19-37-22-26)33(39)24-38-23-31(28-14-17-34-29(21-28)18-20-42-34)35(36(40)41)32(38)16-15-30-11-6-5-8-25(2)43-30/h7-9,11,14,17,19,21-22,27,31-32,35H,3-6,10,12-13,15-16,18,20,23-24H2,1-2H3,(H,40,41)/t27?,31-,32+,35-/m1/s1. The lowest BCUT2D eigenvalue weighted by Gasteiger charge is -2.28. The average molecular weight is 587 g/mol. The second-order valence-electron chi connectivity index (χ2n) is 12.3. The summed E-state index contributed by atoms with van der Waals surface area (Å²) in [4.78, 5) is 33.4. The molecule has 0 saturated carbocycles. The van der Waals surface area contributed by atoms with Crippen LogP contribution in [0.25, 0.3) is 0 Å². The quantitative estimate of drug-likeness (QED) is 0.258. The molecule has 1 N–H and O–H groups in total. The summed E-state index contributed by atoms with van der Waals surface area (Å²) in [7, 11) is 0. The molecule has 3 aliphatic heterocycles. The van der Waals surface area contributed by atoms with E-state index in [-0.39, 0.29) is 30.2 Å². The van der Waals surface area contributed by atoms with Gasteiger partial charge in [-0.3, -0.25) is 19.5 Å². The number of aromatic nitrogens is 1. The number of benzene rings is 1. The molecule has 1 unspecified atom stereocenters. The Hall–Kier alpha value is -3.45.